The smallest absolute Gasteiger partial charge is 0.339 e. The van der Waals surface area contributed by atoms with E-state index in [1.54, 1.807) is 4.90 Å². The molecule has 5 nitrogen and oxygen atoms in total. The van der Waals surface area contributed by atoms with Crippen LogP contribution in [0.25, 0.3) is 0 Å². The summed E-state index contributed by atoms with van der Waals surface area (Å²) in [5, 5.41) is -0.232. The van der Waals surface area contributed by atoms with E-state index in [0.29, 0.717) is 5.11 Å². The Labute approximate surface area is 138 Å². The fourth-order valence-corrected chi connectivity index (χ4v) is 4.83. The molecule has 0 N–H and O–H groups in total. The average Bonchev–Trinajstić information content (AvgIpc) is 2.93. The van der Waals surface area contributed by atoms with Gasteiger partial charge in [-0.3, -0.25) is 9.69 Å². The molecule has 1 aromatic rings. The largest absolute Gasteiger partial charge is 0.467 e. The molecular weight excluding hydrogens is 320 g/mol. The second kappa shape index (κ2) is 5.24. The van der Waals surface area contributed by atoms with E-state index in [2.05, 4.69) is 0 Å². The number of hydrogen-bond acceptors (Lipinski definition) is 5. The monoisotopic (exact) mass is 336 g/mol. The number of hydrogen-bond donors (Lipinski definition) is 0. The summed E-state index contributed by atoms with van der Waals surface area (Å²) < 4.78 is 4.44. The summed E-state index contributed by atoms with van der Waals surface area (Å²) >= 11 is 6.91. The zero-order valence-corrected chi connectivity index (χ0v) is 14.1. The van der Waals surface area contributed by atoms with Gasteiger partial charge in [-0.05, 0) is 38.2 Å². The van der Waals surface area contributed by atoms with Crippen molar-refractivity contribution in [3.05, 3.63) is 30.3 Å². The fourth-order valence-electron chi connectivity index (χ4n) is 2.92. The molecule has 1 amide bonds. The summed E-state index contributed by atoms with van der Waals surface area (Å²) in [5.74, 6) is -0.481. The Bertz CT molecular complexity index is 647. The summed E-state index contributed by atoms with van der Waals surface area (Å²) in [5.41, 5.74) is 0.719. The molecule has 2 fully saturated rings. The van der Waals surface area contributed by atoms with Crippen molar-refractivity contribution in [2.75, 3.05) is 12.0 Å². The maximum atomic E-state index is 12.9. The van der Waals surface area contributed by atoms with Crippen molar-refractivity contribution < 1.29 is 14.3 Å². The highest BCUT2D eigenvalue weighted by Crippen LogP contribution is 2.49. The number of ether oxygens (including phenoxy) is 1. The van der Waals surface area contributed by atoms with Gasteiger partial charge in [0.1, 0.15) is 6.04 Å². The molecule has 0 saturated carbocycles. The third-order valence-electron chi connectivity index (χ3n) is 3.89. The maximum absolute atomic E-state index is 12.9. The second-order valence-electron chi connectivity index (χ2n) is 5.70. The lowest BCUT2D eigenvalue weighted by atomic mass is 10.0. The average molecular weight is 336 g/mol. The van der Waals surface area contributed by atoms with Crippen LogP contribution >= 0.6 is 24.0 Å². The first-order valence-corrected chi connectivity index (χ1v) is 8.14. The normalized spacial score (nSPS) is 26.3. The minimum atomic E-state index is -0.588. The number of thiocarbonyl (C=S) groups is 1. The number of carbonyl (C=O) groups is 2. The summed E-state index contributed by atoms with van der Waals surface area (Å²) in [7, 11) is 1.35. The molecule has 116 valence electrons. The van der Waals surface area contributed by atoms with Gasteiger partial charge in [-0.2, -0.15) is 0 Å². The van der Waals surface area contributed by atoms with Crippen molar-refractivity contribution in [2.45, 2.75) is 30.0 Å². The van der Waals surface area contributed by atoms with Gasteiger partial charge >= 0.3 is 5.97 Å². The van der Waals surface area contributed by atoms with Crippen molar-refractivity contribution in [1.82, 2.24) is 4.90 Å². The van der Waals surface area contributed by atoms with E-state index in [9.17, 15) is 9.59 Å². The predicted molar refractivity (Wildman–Crippen MR) is 89.6 cm³/mol. The fraction of sp³-hybridized carbons (Fsp3) is 0.400. The second-order valence-corrected chi connectivity index (χ2v) is 7.80. The lowest BCUT2D eigenvalue weighted by Crippen LogP contribution is -2.44. The van der Waals surface area contributed by atoms with Gasteiger partial charge in [-0.1, -0.05) is 18.2 Å². The SMILES string of the molecule is COC(=O)[C@H]1SC(C)(C)[C@@H]2C(=O)N(c3ccccc3)C(=S)N12. The van der Waals surface area contributed by atoms with Crippen molar-refractivity contribution in [3.8, 4) is 0 Å². The van der Waals surface area contributed by atoms with Crippen LogP contribution in [-0.2, 0) is 14.3 Å². The Hall–Kier alpha value is -1.60. The molecule has 1 aromatic carbocycles. The first-order chi connectivity index (χ1) is 10.4. The molecule has 3 rings (SSSR count). The van der Waals surface area contributed by atoms with Crippen molar-refractivity contribution >= 4 is 46.7 Å². The number of methoxy groups -OCH3 is 1. The van der Waals surface area contributed by atoms with Crippen molar-refractivity contribution in [2.24, 2.45) is 0 Å². The molecule has 2 aliphatic rings. The van der Waals surface area contributed by atoms with E-state index in [4.69, 9.17) is 17.0 Å². The summed E-state index contributed by atoms with van der Waals surface area (Å²) in [4.78, 5) is 28.2. The third-order valence-corrected chi connectivity index (χ3v) is 5.76. The molecule has 0 unspecified atom stereocenters. The number of rotatable bonds is 2. The van der Waals surface area contributed by atoms with Crippen LogP contribution in [0.2, 0.25) is 0 Å². The molecule has 0 aromatic heterocycles. The Kier molecular flexibility index (Phi) is 3.65. The highest BCUT2D eigenvalue weighted by Gasteiger charge is 2.61. The number of carbonyl (C=O) groups excluding carboxylic acids is 2. The van der Waals surface area contributed by atoms with E-state index >= 15 is 0 Å². The standard InChI is InChI=1S/C15H16N2O3S2/c1-15(2)10-11(18)16(9-7-5-4-6-8-9)14(21)17(10)12(22-15)13(19)20-3/h4-8,10,12H,1-3H3/t10-,12+/m0/s1. The minimum Gasteiger partial charge on any atom is -0.467 e. The number of esters is 1. The Balaban J connectivity index is 2.03. The first kappa shape index (κ1) is 15.3. The minimum absolute atomic E-state index is 0.0971. The van der Waals surface area contributed by atoms with Gasteiger partial charge in [0.2, 0.25) is 0 Å². The Morgan fingerprint density at radius 3 is 2.55 bits per heavy atom. The lowest BCUT2D eigenvalue weighted by Gasteiger charge is -2.23. The van der Waals surface area contributed by atoms with Crippen LogP contribution < -0.4 is 4.90 Å². The molecule has 2 heterocycles. The number of amides is 1. The van der Waals surface area contributed by atoms with Gasteiger partial charge in [0.25, 0.3) is 5.91 Å². The number of anilines is 1. The van der Waals surface area contributed by atoms with Gasteiger partial charge < -0.3 is 9.64 Å². The molecule has 2 atom stereocenters. The molecule has 2 saturated heterocycles. The van der Waals surface area contributed by atoms with Gasteiger partial charge in [0.15, 0.2) is 10.5 Å². The number of benzene rings is 1. The third kappa shape index (κ3) is 2.11. The molecule has 7 heteroatoms. The topological polar surface area (TPSA) is 49.9 Å². The van der Waals surface area contributed by atoms with Gasteiger partial charge in [0, 0.05) is 4.75 Å². The summed E-state index contributed by atoms with van der Waals surface area (Å²) in [6.45, 7) is 3.90. The molecule has 0 aliphatic carbocycles. The molecule has 0 bridgehead atoms. The van der Waals surface area contributed by atoms with Crippen LogP contribution in [0.4, 0.5) is 5.69 Å². The van der Waals surface area contributed by atoms with Gasteiger partial charge in [-0.15, -0.1) is 11.8 Å². The van der Waals surface area contributed by atoms with E-state index in [0.717, 1.165) is 5.69 Å². The van der Waals surface area contributed by atoms with Gasteiger partial charge in [0.05, 0.1) is 12.8 Å². The highest BCUT2D eigenvalue weighted by atomic mass is 32.2. The van der Waals surface area contributed by atoms with Crippen molar-refractivity contribution in [1.29, 1.82) is 0 Å². The lowest BCUT2D eigenvalue weighted by molar-refractivity contribution is -0.142. The summed E-state index contributed by atoms with van der Waals surface area (Å²) in [6.07, 6.45) is 0. The van der Waals surface area contributed by atoms with Crippen LogP contribution in [0.1, 0.15) is 13.8 Å². The van der Waals surface area contributed by atoms with Gasteiger partial charge in [-0.25, -0.2) is 4.79 Å². The highest BCUT2D eigenvalue weighted by molar-refractivity contribution is 8.02. The molecule has 0 spiro atoms. The molecule has 2 aliphatic heterocycles. The Morgan fingerprint density at radius 2 is 1.95 bits per heavy atom. The number of thioether (sulfide) groups is 1. The zero-order chi connectivity index (χ0) is 16.1. The molecular formula is C15H16N2O3S2. The van der Waals surface area contributed by atoms with Crippen LogP contribution in [0.15, 0.2) is 30.3 Å². The number of para-hydroxylation sites is 1. The Morgan fingerprint density at radius 1 is 1.32 bits per heavy atom. The van der Waals surface area contributed by atoms with Crippen LogP contribution in [0.3, 0.4) is 0 Å². The summed E-state index contributed by atoms with van der Waals surface area (Å²) in [6, 6.07) is 8.79. The van der Waals surface area contributed by atoms with E-state index in [1.807, 2.05) is 44.2 Å². The number of nitrogens with zero attached hydrogens (tertiary/aromatic N) is 2. The van der Waals surface area contributed by atoms with Crippen molar-refractivity contribution in [3.63, 3.8) is 0 Å². The van der Waals surface area contributed by atoms with E-state index in [-0.39, 0.29) is 11.9 Å². The number of fused-ring (bicyclic) bond motifs is 1. The van der Waals surface area contributed by atoms with Crippen LogP contribution in [0, 0.1) is 0 Å². The van der Waals surface area contributed by atoms with E-state index < -0.39 is 16.2 Å². The molecule has 0 radical (unpaired) electrons. The quantitative estimate of drug-likeness (QED) is 0.608. The maximum Gasteiger partial charge on any atom is 0.339 e. The van der Waals surface area contributed by atoms with Crippen LogP contribution in [0.5, 0.6) is 0 Å². The molecule has 22 heavy (non-hydrogen) atoms. The van der Waals surface area contributed by atoms with E-state index in [1.165, 1.54) is 23.8 Å². The van der Waals surface area contributed by atoms with Crippen LogP contribution in [-0.4, -0.2) is 45.2 Å². The zero-order valence-electron chi connectivity index (χ0n) is 12.5. The predicted octanol–water partition coefficient (Wildman–Crippen LogP) is 2.01. The first-order valence-electron chi connectivity index (χ1n) is 6.85.